The van der Waals surface area contributed by atoms with E-state index in [1.54, 1.807) is 37.2 Å². The molecule has 31 heavy (non-hydrogen) atoms. The van der Waals surface area contributed by atoms with Gasteiger partial charge in [-0.25, -0.2) is 8.42 Å². The second-order valence-corrected chi connectivity index (χ2v) is 9.36. The number of benzene rings is 1. The van der Waals surface area contributed by atoms with E-state index >= 15 is 0 Å². The third-order valence-electron chi connectivity index (χ3n) is 5.72. The fraction of sp³-hybridized carbons (Fsp3) is 0.571. The Labute approximate surface area is 184 Å². The number of hydrogen-bond donors (Lipinski definition) is 0. The highest BCUT2D eigenvalue weighted by Crippen LogP contribution is 2.40. The summed E-state index contributed by atoms with van der Waals surface area (Å²) in [6.07, 6.45) is 0. The van der Waals surface area contributed by atoms with Crippen molar-refractivity contribution in [3.63, 3.8) is 0 Å². The summed E-state index contributed by atoms with van der Waals surface area (Å²) in [6, 6.07) is 3.81. The first-order valence-electron chi connectivity index (χ1n) is 10.3. The van der Waals surface area contributed by atoms with E-state index in [-0.39, 0.29) is 0 Å². The highest BCUT2D eigenvalue weighted by Gasteiger charge is 2.33. The van der Waals surface area contributed by atoms with Crippen molar-refractivity contribution in [3.05, 3.63) is 29.1 Å². The van der Waals surface area contributed by atoms with Gasteiger partial charge in [0.05, 0.1) is 32.7 Å². The van der Waals surface area contributed by atoms with E-state index in [2.05, 4.69) is 10.00 Å². The lowest BCUT2D eigenvalue weighted by atomic mass is 10.1. The van der Waals surface area contributed by atoms with Gasteiger partial charge in [0.1, 0.15) is 4.90 Å². The lowest BCUT2D eigenvalue weighted by molar-refractivity contribution is 0.179. The average Bonchev–Trinajstić information content (AvgIpc) is 3.07. The van der Waals surface area contributed by atoms with E-state index in [4.69, 9.17) is 14.2 Å². The highest BCUT2D eigenvalue weighted by atomic mass is 32.2. The summed E-state index contributed by atoms with van der Waals surface area (Å²) in [5.74, 6) is 1.80. The van der Waals surface area contributed by atoms with Gasteiger partial charge < -0.3 is 14.2 Å². The number of aryl methyl sites for hydroxylation is 2. The summed E-state index contributed by atoms with van der Waals surface area (Å²) in [5, 5.41) is 4.37. The molecular formula is C21H32N4O5S. The summed E-state index contributed by atoms with van der Waals surface area (Å²) in [4.78, 5) is 2.55. The Kier molecular flexibility index (Phi) is 7.13. The average molecular weight is 453 g/mol. The normalized spacial score (nSPS) is 15.8. The summed E-state index contributed by atoms with van der Waals surface area (Å²) in [7, 11) is 1.19. The first-order chi connectivity index (χ1) is 14.8. The van der Waals surface area contributed by atoms with Crippen molar-refractivity contribution in [1.29, 1.82) is 0 Å². The standard InChI is InChI=1S/C21H32N4O5S/c1-7-25-16(3)21(15(2)22-25)31(26,27)24-12-10-23(11-13-24)14-17-8-9-18(28-4)20(30-6)19(17)29-5/h8-9H,7,10-14H2,1-6H3. The molecule has 10 heteroatoms. The highest BCUT2D eigenvalue weighted by molar-refractivity contribution is 7.89. The van der Waals surface area contributed by atoms with Crippen molar-refractivity contribution >= 4 is 10.0 Å². The molecule has 2 heterocycles. The molecule has 1 aromatic carbocycles. The van der Waals surface area contributed by atoms with Crippen molar-refractivity contribution < 1.29 is 22.6 Å². The van der Waals surface area contributed by atoms with Crippen LogP contribution in [0.15, 0.2) is 17.0 Å². The predicted octanol–water partition coefficient (Wildman–Crippen LogP) is 2.05. The van der Waals surface area contributed by atoms with Gasteiger partial charge >= 0.3 is 0 Å². The summed E-state index contributed by atoms with van der Waals surface area (Å²) >= 11 is 0. The van der Waals surface area contributed by atoms with Crippen molar-refractivity contribution in [1.82, 2.24) is 19.0 Å². The van der Waals surface area contributed by atoms with Crippen LogP contribution in [-0.4, -0.2) is 74.9 Å². The third-order valence-corrected chi connectivity index (χ3v) is 7.88. The Morgan fingerprint density at radius 2 is 1.61 bits per heavy atom. The molecule has 0 radical (unpaired) electrons. The Morgan fingerprint density at radius 3 is 2.13 bits per heavy atom. The molecule has 172 valence electrons. The predicted molar refractivity (Wildman–Crippen MR) is 118 cm³/mol. The first-order valence-corrected chi connectivity index (χ1v) is 11.8. The Balaban J connectivity index is 1.74. The number of ether oxygens (including phenoxy) is 3. The minimum atomic E-state index is -3.58. The number of hydrogen-bond acceptors (Lipinski definition) is 7. The lowest BCUT2D eigenvalue weighted by Gasteiger charge is -2.34. The van der Waals surface area contributed by atoms with E-state index in [0.29, 0.717) is 72.8 Å². The monoisotopic (exact) mass is 452 g/mol. The van der Waals surface area contributed by atoms with E-state index in [0.717, 1.165) is 5.56 Å². The fourth-order valence-corrected chi connectivity index (χ4v) is 5.94. The summed E-state index contributed by atoms with van der Waals surface area (Å²) in [5.41, 5.74) is 2.21. The Morgan fingerprint density at radius 1 is 0.968 bits per heavy atom. The molecule has 2 aromatic rings. The number of sulfonamides is 1. The minimum Gasteiger partial charge on any atom is -0.493 e. The van der Waals surface area contributed by atoms with Crippen LogP contribution in [0, 0.1) is 13.8 Å². The van der Waals surface area contributed by atoms with Gasteiger partial charge in [0.2, 0.25) is 15.8 Å². The van der Waals surface area contributed by atoms with Gasteiger partial charge in [0.15, 0.2) is 11.5 Å². The second-order valence-electron chi connectivity index (χ2n) is 7.49. The molecule has 0 saturated carbocycles. The number of methoxy groups -OCH3 is 3. The molecular weight excluding hydrogens is 420 g/mol. The van der Waals surface area contributed by atoms with Crippen LogP contribution in [0.5, 0.6) is 17.2 Å². The van der Waals surface area contributed by atoms with Crippen molar-refractivity contribution in [2.45, 2.75) is 38.8 Å². The zero-order chi connectivity index (χ0) is 22.8. The van der Waals surface area contributed by atoms with Gasteiger partial charge in [-0.2, -0.15) is 9.40 Å². The maximum atomic E-state index is 13.3. The summed E-state index contributed by atoms with van der Waals surface area (Å²) in [6.45, 7) is 8.89. The van der Waals surface area contributed by atoms with Crippen molar-refractivity contribution in [3.8, 4) is 17.2 Å². The van der Waals surface area contributed by atoms with Crippen LogP contribution in [0.2, 0.25) is 0 Å². The van der Waals surface area contributed by atoms with Crippen LogP contribution in [0.25, 0.3) is 0 Å². The van der Waals surface area contributed by atoms with Crippen LogP contribution in [0.1, 0.15) is 23.9 Å². The molecule has 1 fully saturated rings. The van der Waals surface area contributed by atoms with Gasteiger partial charge in [0.25, 0.3) is 0 Å². The van der Waals surface area contributed by atoms with Crippen LogP contribution in [-0.2, 0) is 23.1 Å². The first kappa shape index (κ1) is 23.4. The molecule has 1 aliphatic rings. The lowest BCUT2D eigenvalue weighted by Crippen LogP contribution is -2.48. The maximum absolute atomic E-state index is 13.3. The van der Waals surface area contributed by atoms with Crippen molar-refractivity contribution in [2.24, 2.45) is 0 Å². The van der Waals surface area contributed by atoms with Gasteiger partial charge in [-0.3, -0.25) is 9.58 Å². The Bertz CT molecular complexity index is 1030. The number of rotatable bonds is 8. The van der Waals surface area contributed by atoms with E-state index in [1.807, 2.05) is 26.0 Å². The maximum Gasteiger partial charge on any atom is 0.246 e. The van der Waals surface area contributed by atoms with Crippen molar-refractivity contribution in [2.75, 3.05) is 47.5 Å². The van der Waals surface area contributed by atoms with E-state index in [1.165, 1.54) is 0 Å². The molecule has 0 amide bonds. The topological polar surface area (TPSA) is 86.1 Å². The molecule has 0 spiro atoms. The fourth-order valence-electron chi connectivity index (χ4n) is 4.15. The largest absolute Gasteiger partial charge is 0.493 e. The Hall–Kier alpha value is -2.30. The number of nitrogens with zero attached hydrogens (tertiary/aromatic N) is 4. The molecule has 0 aliphatic carbocycles. The molecule has 0 atom stereocenters. The van der Waals surface area contributed by atoms with Crippen LogP contribution in [0.3, 0.4) is 0 Å². The zero-order valence-electron chi connectivity index (χ0n) is 19.1. The summed E-state index contributed by atoms with van der Waals surface area (Å²) < 4.78 is 46.3. The molecule has 9 nitrogen and oxygen atoms in total. The van der Waals surface area contributed by atoms with Gasteiger partial charge in [-0.05, 0) is 26.8 Å². The molecule has 0 unspecified atom stereocenters. The van der Waals surface area contributed by atoms with Crippen LogP contribution >= 0.6 is 0 Å². The van der Waals surface area contributed by atoms with Crippen LogP contribution < -0.4 is 14.2 Å². The molecule has 1 aromatic heterocycles. The number of piperazine rings is 1. The van der Waals surface area contributed by atoms with Gasteiger partial charge in [-0.1, -0.05) is 6.07 Å². The molecule has 1 aliphatic heterocycles. The van der Waals surface area contributed by atoms with Gasteiger partial charge in [0, 0.05) is 44.8 Å². The smallest absolute Gasteiger partial charge is 0.246 e. The molecule has 3 rings (SSSR count). The van der Waals surface area contributed by atoms with Gasteiger partial charge in [-0.15, -0.1) is 0 Å². The second kappa shape index (κ2) is 9.46. The minimum absolute atomic E-state index is 0.337. The molecule has 0 bridgehead atoms. The van der Waals surface area contributed by atoms with E-state index in [9.17, 15) is 8.42 Å². The zero-order valence-corrected chi connectivity index (χ0v) is 20.0. The van der Waals surface area contributed by atoms with Crippen LogP contribution in [0.4, 0.5) is 0 Å². The molecule has 0 N–H and O–H groups in total. The third kappa shape index (κ3) is 4.37. The molecule has 1 saturated heterocycles. The quantitative estimate of drug-likeness (QED) is 0.606. The van der Waals surface area contributed by atoms with E-state index < -0.39 is 10.0 Å². The SMILES string of the molecule is CCn1nc(C)c(S(=O)(=O)N2CCN(Cc3ccc(OC)c(OC)c3OC)CC2)c1C. The number of aromatic nitrogens is 2.